The molecule has 1 N–H and O–H groups in total. The van der Waals surface area contributed by atoms with Crippen molar-refractivity contribution in [3.8, 4) is 5.75 Å². The highest BCUT2D eigenvalue weighted by Crippen LogP contribution is 2.20. The maximum absolute atomic E-state index is 5.81. The van der Waals surface area contributed by atoms with Crippen LogP contribution in [0.15, 0.2) is 18.2 Å². The first kappa shape index (κ1) is 15.0. The van der Waals surface area contributed by atoms with Crippen LogP contribution in [0.2, 0.25) is 0 Å². The van der Waals surface area contributed by atoms with Crippen molar-refractivity contribution in [2.45, 2.75) is 39.8 Å². The Balaban J connectivity index is 2.58. The second-order valence-corrected chi connectivity index (χ2v) is 4.84. The molecule has 1 aromatic rings. The van der Waals surface area contributed by atoms with Crippen molar-refractivity contribution in [2.24, 2.45) is 0 Å². The SMILES string of the molecule is COCCCOc1ccc(C)cc1CNC(C)C. The number of methoxy groups -OCH3 is 1. The highest BCUT2D eigenvalue weighted by atomic mass is 16.5. The van der Waals surface area contributed by atoms with Crippen LogP contribution < -0.4 is 10.1 Å². The van der Waals surface area contributed by atoms with Crippen LogP contribution in [0.25, 0.3) is 0 Å². The Morgan fingerprint density at radius 3 is 2.67 bits per heavy atom. The van der Waals surface area contributed by atoms with E-state index in [2.05, 4.69) is 44.3 Å². The number of aryl methyl sites for hydroxylation is 1. The first-order valence-corrected chi connectivity index (χ1v) is 6.58. The van der Waals surface area contributed by atoms with Crippen molar-refractivity contribution in [3.63, 3.8) is 0 Å². The molecule has 0 unspecified atom stereocenters. The van der Waals surface area contributed by atoms with E-state index in [1.165, 1.54) is 11.1 Å². The predicted molar refractivity (Wildman–Crippen MR) is 75.1 cm³/mol. The minimum Gasteiger partial charge on any atom is -0.493 e. The van der Waals surface area contributed by atoms with Crippen molar-refractivity contribution >= 4 is 0 Å². The first-order chi connectivity index (χ1) is 8.63. The summed E-state index contributed by atoms with van der Waals surface area (Å²) < 4.78 is 10.8. The van der Waals surface area contributed by atoms with Crippen LogP contribution in [-0.4, -0.2) is 26.4 Å². The molecule has 3 heteroatoms. The quantitative estimate of drug-likeness (QED) is 0.721. The summed E-state index contributed by atoms with van der Waals surface area (Å²) in [7, 11) is 1.71. The second kappa shape index (κ2) is 8.11. The van der Waals surface area contributed by atoms with Crippen LogP contribution in [0, 0.1) is 6.92 Å². The van der Waals surface area contributed by atoms with Gasteiger partial charge in [-0.1, -0.05) is 31.5 Å². The zero-order chi connectivity index (χ0) is 13.4. The third kappa shape index (κ3) is 5.52. The summed E-state index contributed by atoms with van der Waals surface area (Å²) in [6.45, 7) is 8.69. The topological polar surface area (TPSA) is 30.5 Å². The van der Waals surface area contributed by atoms with Crippen molar-refractivity contribution in [2.75, 3.05) is 20.3 Å². The first-order valence-electron chi connectivity index (χ1n) is 6.58. The van der Waals surface area contributed by atoms with Gasteiger partial charge < -0.3 is 14.8 Å². The van der Waals surface area contributed by atoms with Gasteiger partial charge >= 0.3 is 0 Å². The average molecular weight is 251 g/mol. The molecule has 0 spiro atoms. The van der Waals surface area contributed by atoms with Crippen molar-refractivity contribution in [3.05, 3.63) is 29.3 Å². The Kier molecular flexibility index (Phi) is 6.76. The Hall–Kier alpha value is -1.06. The molecule has 18 heavy (non-hydrogen) atoms. The number of hydrogen-bond acceptors (Lipinski definition) is 3. The van der Waals surface area contributed by atoms with E-state index in [1.54, 1.807) is 7.11 Å². The van der Waals surface area contributed by atoms with E-state index in [4.69, 9.17) is 9.47 Å². The molecular formula is C15H25NO2. The lowest BCUT2D eigenvalue weighted by atomic mass is 10.1. The van der Waals surface area contributed by atoms with Gasteiger partial charge in [0, 0.05) is 38.3 Å². The Morgan fingerprint density at radius 1 is 1.22 bits per heavy atom. The van der Waals surface area contributed by atoms with Gasteiger partial charge in [-0.05, 0) is 13.0 Å². The van der Waals surface area contributed by atoms with Crippen LogP contribution in [0.3, 0.4) is 0 Å². The monoisotopic (exact) mass is 251 g/mol. The highest BCUT2D eigenvalue weighted by Gasteiger charge is 2.05. The van der Waals surface area contributed by atoms with Gasteiger partial charge in [-0.3, -0.25) is 0 Å². The molecule has 102 valence electrons. The summed E-state index contributed by atoms with van der Waals surface area (Å²) in [5, 5.41) is 3.43. The van der Waals surface area contributed by atoms with Crippen LogP contribution in [0.5, 0.6) is 5.75 Å². The average Bonchev–Trinajstić information content (AvgIpc) is 2.34. The van der Waals surface area contributed by atoms with Crippen molar-refractivity contribution < 1.29 is 9.47 Å². The zero-order valence-corrected chi connectivity index (χ0v) is 12.0. The molecule has 0 atom stereocenters. The second-order valence-electron chi connectivity index (χ2n) is 4.84. The number of benzene rings is 1. The van der Waals surface area contributed by atoms with Gasteiger partial charge in [0.25, 0.3) is 0 Å². The van der Waals surface area contributed by atoms with E-state index in [0.717, 1.165) is 25.3 Å². The van der Waals surface area contributed by atoms with Crippen LogP contribution in [-0.2, 0) is 11.3 Å². The molecule has 0 saturated heterocycles. The van der Waals surface area contributed by atoms with E-state index in [1.807, 2.05) is 0 Å². The molecule has 0 saturated carbocycles. The largest absolute Gasteiger partial charge is 0.493 e. The van der Waals surface area contributed by atoms with Crippen molar-refractivity contribution in [1.82, 2.24) is 5.32 Å². The molecule has 0 radical (unpaired) electrons. The summed E-state index contributed by atoms with van der Waals surface area (Å²) >= 11 is 0. The maximum atomic E-state index is 5.81. The number of rotatable bonds is 8. The van der Waals surface area contributed by atoms with Gasteiger partial charge in [-0.2, -0.15) is 0 Å². The van der Waals surface area contributed by atoms with E-state index in [9.17, 15) is 0 Å². The van der Waals surface area contributed by atoms with Gasteiger partial charge in [0.1, 0.15) is 5.75 Å². The van der Waals surface area contributed by atoms with Gasteiger partial charge in [-0.25, -0.2) is 0 Å². The molecular weight excluding hydrogens is 226 g/mol. The molecule has 1 rings (SSSR count). The number of ether oxygens (including phenoxy) is 2. The van der Waals surface area contributed by atoms with Gasteiger partial charge in [0.2, 0.25) is 0 Å². The smallest absolute Gasteiger partial charge is 0.123 e. The summed E-state index contributed by atoms with van der Waals surface area (Å²) in [5.74, 6) is 0.977. The molecule has 0 aromatic heterocycles. The molecule has 3 nitrogen and oxygen atoms in total. The number of hydrogen-bond donors (Lipinski definition) is 1. The van der Waals surface area contributed by atoms with E-state index in [-0.39, 0.29) is 0 Å². The third-order valence-electron chi connectivity index (χ3n) is 2.67. The van der Waals surface area contributed by atoms with Crippen LogP contribution >= 0.6 is 0 Å². The summed E-state index contributed by atoms with van der Waals surface area (Å²) in [6.07, 6.45) is 0.918. The van der Waals surface area contributed by atoms with Crippen LogP contribution in [0.1, 0.15) is 31.4 Å². The van der Waals surface area contributed by atoms with E-state index < -0.39 is 0 Å². The molecule has 0 heterocycles. The summed E-state index contributed by atoms with van der Waals surface area (Å²) in [6, 6.07) is 6.80. The normalized spacial score (nSPS) is 10.9. The summed E-state index contributed by atoms with van der Waals surface area (Å²) in [4.78, 5) is 0. The third-order valence-corrected chi connectivity index (χ3v) is 2.67. The minimum absolute atomic E-state index is 0.479. The zero-order valence-electron chi connectivity index (χ0n) is 12.0. The molecule has 0 aliphatic heterocycles. The minimum atomic E-state index is 0.479. The lowest BCUT2D eigenvalue weighted by molar-refractivity contribution is 0.171. The Morgan fingerprint density at radius 2 is 2.00 bits per heavy atom. The van der Waals surface area contributed by atoms with Crippen LogP contribution in [0.4, 0.5) is 0 Å². The van der Waals surface area contributed by atoms with E-state index >= 15 is 0 Å². The Labute approximate surface area is 110 Å². The Bertz CT molecular complexity index is 350. The predicted octanol–water partition coefficient (Wildman–Crippen LogP) is 2.91. The van der Waals surface area contributed by atoms with Gasteiger partial charge in [0.15, 0.2) is 0 Å². The molecule has 1 aromatic carbocycles. The summed E-state index contributed by atoms with van der Waals surface area (Å²) in [5.41, 5.74) is 2.49. The van der Waals surface area contributed by atoms with Gasteiger partial charge in [-0.15, -0.1) is 0 Å². The van der Waals surface area contributed by atoms with Gasteiger partial charge in [0.05, 0.1) is 6.61 Å². The fourth-order valence-electron chi connectivity index (χ4n) is 1.69. The number of nitrogens with one attached hydrogen (secondary N) is 1. The molecule has 0 aliphatic rings. The highest BCUT2D eigenvalue weighted by molar-refractivity contribution is 5.36. The fourth-order valence-corrected chi connectivity index (χ4v) is 1.69. The van der Waals surface area contributed by atoms with Crippen molar-refractivity contribution in [1.29, 1.82) is 0 Å². The van der Waals surface area contributed by atoms with E-state index in [0.29, 0.717) is 12.6 Å². The lowest BCUT2D eigenvalue weighted by Gasteiger charge is -2.14. The maximum Gasteiger partial charge on any atom is 0.123 e. The molecule has 0 bridgehead atoms. The molecule has 0 aliphatic carbocycles. The fraction of sp³-hybridized carbons (Fsp3) is 0.600. The lowest BCUT2D eigenvalue weighted by Crippen LogP contribution is -2.22. The standard InChI is InChI=1S/C15H25NO2/c1-12(2)16-11-14-10-13(3)6-7-15(14)18-9-5-8-17-4/h6-7,10,12,16H,5,8-9,11H2,1-4H3. The molecule has 0 amide bonds. The molecule has 0 fully saturated rings.